The average molecular weight is 327 g/mol. The molecule has 1 aromatic carbocycles. The highest BCUT2D eigenvalue weighted by Gasteiger charge is 2.25. The smallest absolute Gasteiger partial charge is 0.335 e. The maximum absolute atomic E-state index is 13.1. The number of nitrogens with zero attached hydrogens (tertiary/aromatic N) is 2. The molecule has 1 heterocycles. The molecule has 120 valence electrons. The SMILES string of the molecule is CC(C)C[C@H](N)c1nnc(S(=O)(=O)Cc2cccc(F)c2)o1. The molecule has 0 radical (unpaired) electrons. The Kier molecular flexibility index (Phi) is 4.92. The molecule has 22 heavy (non-hydrogen) atoms. The minimum absolute atomic E-state index is 0.0894. The Balaban J connectivity index is 2.18. The number of sulfone groups is 1. The van der Waals surface area contributed by atoms with Crippen molar-refractivity contribution in [3.05, 3.63) is 41.5 Å². The molecule has 2 rings (SSSR count). The third kappa shape index (κ3) is 4.11. The average Bonchev–Trinajstić information content (AvgIpc) is 2.87. The molecular formula is C14H18FN3O3S. The van der Waals surface area contributed by atoms with E-state index in [-0.39, 0.29) is 5.89 Å². The van der Waals surface area contributed by atoms with E-state index in [1.54, 1.807) is 0 Å². The lowest BCUT2D eigenvalue weighted by Crippen LogP contribution is -2.13. The number of hydrogen-bond donors (Lipinski definition) is 1. The predicted molar refractivity (Wildman–Crippen MR) is 78.0 cm³/mol. The van der Waals surface area contributed by atoms with Gasteiger partial charge < -0.3 is 10.2 Å². The molecule has 8 heteroatoms. The van der Waals surface area contributed by atoms with E-state index in [4.69, 9.17) is 10.2 Å². The molecular weight excluding hydrogens is 309 g/mol. The van der Waals surface area contributed by atoms with Crippen molar-refractivity contribution in [1.82, 2.24) is 10.2 Å². The fourth-order valence-electron chi connectivity index (χ4n) is 2.01. The van der Waals surface area contributed by atoms with Gasteiger partial charge in [-0.05, 0) is 30.0 Å². The molecule has 1 aromatic heterocycles. The molecule has 0 aliphatic heterocycles. The van der Waals surface area contributed by atoms with E-state index in [1.807, 2.05) is 13.8 Å². The molecule has 1 atom stereocenters. The van der Waals surface area contributed by atoms with Crippen molar-refractivity contribution in [1.29, 1.82) is 0 Å². The molecule has 0 bridgehead atoms. The van der Waals surface area contributed by atoms with E-state index in [2.05, 4.69) is 10.2 Å². The van der Waals surface area contributed by atoms with Crippen molar-refractivity contribution in [2.45, 2.75) is 37.3 Å². The number of nitrogens with two attached hydrogens (primary N) is 1. The Morgan fingerprint density at radius 2 is 2.05 bits per heavy atom. The van der Waals surface area contributed by atoms with E-state index < -0.39 is 32.7 Å². The van der Waals surface area contributed by atoms with Gasteiger partial charge in [-0.25, -0.2) is 12.8 Å². The molecule has 0 unspecified atom stereocenters. The summed E-state index contributed by atoms with van der Waals surface area (Å²) < 4.78 is 42.7. The highest BCUT2D eigenvalue weighted by Crippen LogP contribution is 2.21. The normalized spacial score (nSPS) is 13.5. The predicted octanol–water partition coefficient (Wildman–Crippen LogP) is 2.23. The van der Waals surface area contributed by atoms with Crippen molar-refractivity contribution in [3.8, 4) is 0 Å². The first-order valence-electron chi connectivity index (χ1n) is 6.84. The van der Waals surface area contributed by atoms with Gasteiger partial charge >= 0.3 is 5.22 Å². The largest absolute Gasteiger partial charge is 0.411 e. The summed E-state index contributed by atoms with van der Waals surface area (Å²) in [5.41, 5.74) is 6.20. The molecule has 0 aliphatic carbocycles. The van der Waals surface area contributed by atoms with Gasteiger partial charge in [-0.15, -0.1) is 5.10 Å². The molecule has 0 spiro atoms. The first kappa shape index (κ1) is 16.6. The molecule has 0 aliphatic rings. The summed E-state index contributed by atoms with van der Waals surface area (Å²) in [7, 11) is -3.83. The van der Waals surface area contributed by atoms with E-state index in [1.165, 1.54) is 18.2 Å². The number of halogens is 1. The van der Waals surface area contributed by atoms with Crippen molar-refractivity contribution >= 4 is 9.84 Å². The van der Waals surface area contributed by atoms with Gasteiger partial charge in [0.05, 0.1) is 11.8 Å². The van der Waals surface area contributed by atoms with Gasteiger partial charge in [0.25, 0.3) is 0 Å². The fraction of sp³-hybridized carbons (Fsp3) is 0.429. The second-order valence-electron chi connectivity index (χ2n) is 5.53. The Labute approximate surface area is 128 Å². The Hall–Kier alpha value is -1.80. The second kappa shape index (κ2) is 6.53. The van der Waals surface area contributed by atoms with Crippen molar-refractivity contribution < 1.29 is 17.2 Å². The lowest BCUT2D eigenvalue weighted by Gasteiger charge is -2.08. The van der Waals surface area contributed by atoms with Gasteiger partial charge in [0.2, 0.25) is 15.7 Å². The van der Waals surface area contributed by atoms with Gasteiger partial charge in [-0.1, -0.05) is 31.1 Å². The van der Waals surface area contributed by atoms with Gasteiger partial charge in [0.15, 0.2) is 0 Å². The lowest BCUT2D eigenvalue weighted by molar-refractivity contribution is 0.352. The van der Waals surface area contributed by atoms with Crippen LogP contribution in [-0.2, 0) is 15.6 Å². The number of hydrogen-bond acceptors (Lipinski definition) is 6. The number of benzene rings is 1. The third-order valence-corrected chi connectivity index (χ3v) is 4.39. The zero-order chi connectivity index (χ0) is 16.3. The first-order chi connectivity index (χ1) is 10.3. The van der Waals surface area contributed by atoms with Gasteiger partial charge in [-0.2, -0.15) is 0 Å². The monoisotopic (exact) mass is 327 g/mol. The lowest BCUT2D eigenvalue weighted by atomic mass is 10.1. The van der Waals surface area contributed by atoms with Crippen LogP contribution < -0.4 is 5.73 Å². The summed E-state index contributed by atoms with van der Waals surface area (Å²) >= 11 is 0. The standard InChI is InChI=1S/C14H18FN3O3S/c1-9(2)6-12(16)13-17-18-14(21-13)22(19,20)8-10-4-3-5-11(15)7-10/h3-5,7,9,12H,6,8,16H2,1-2H3/t12-/m0/s1. The zero-order valence-electron chi connectivity index (χ0n) is 12.4. The topological polar surface area (TPSA) is 99.1 Å². The summed E-state index contributed by atoms with van der Waals surface area (Å²) in [6, 6.07) is 4.84. The van der Waals surface area contributed by atoms with E-state index >= 15 is 0 Å². The van der Waals surface area contributed by atoms with Crippen molar-refractivity contribution in [3.63, 3.8) is 0 Å². The van der Waals surface area contributed by atoms with Crippen LogP contribution in [0.15, 0.2) is 33.9 Å². The molecule has 0 saturated heterocycles. The van der Waals surface area contributed by atoms with Crippen LogP contribution >= 0.6 is 0 Å². The third-order valence-electron chi connectivity index (χ3n) is 2.98. The fourth-order valence-corrected chi connectivity index (χ4v) is 3.13. The molecule has 0 fully saturated rings. The zero-order valence-corrected chi connectivity index (χ0v) is 13.2. The van der Waals surface area contributed by atoms with Crippen molar-refractivity contribution in [2.75, 3.05) is 0 Å². The maximum atomic E-state index is 13.1. The summed E-state index contributed by atoms with van der Waals surface area (Å²) in [6.45, 7) is 3.97. The second-order valence-corrected chi connectivity index (χ2v) is 7.40. The first-order valence-corrected chi connectivity index (χ1v) is 8.49. The molecule has 0 amide bonds. The number of aromatic nitrogens is 2. The van der Waals surface area contributed by atoms with Gasteiger partial charge in [0, 0.05) is 0 Å². The Morgan fingerprint density at radius 1 is 1.32 bits per heavy atom. The Bertz CT molecular complexity index is 743. The van der Waals surface area contributed by atoms with Crippen LogP contribution in [0.1, 0.15) is 37.8 Å². The van der Waals surface area contributed by atoms with Crippen LogP contribution in [0, 0.1) is 11.7 Å². The summed E-state index contributed by atoms with van der Waals surface area (Å²) in [5.74, 6) is -0.509. The van der Waals surface area contributed by atoms with Crippen LogP contribution in [-0.4, -0.2) is 18.6 Å². The number of rotatable bonds is 6. The van der Waals surface area contributed by atoms with E-state index in [0.717, 1.165) is 6.07 Å². The van der Waals surface area contributed by atoms with Gasteiger partial charge in [-0.3, -0.25) is 0 Å². The molecule has 2 aromatic rings. The van der Waals surface area contributed by atoms with Crippen LogP contribution in [0.25, 0.3) is 0 Å². The van der Waals surface area contributed by atoms with E-state index in [0.29, 0.717) is 17.9 Å². The highest BCUT2D eigenvalue weighted by atomic mass is 32.2. The van der Waals surface area contributed by atoms with Crippen LogP contribution in [0.5, 0.6) is 0 Å². The molecule has 6 nitrogen and oxygen atoms in total. The maximum Gasteiger partial charge on any atom is 0.335 e. The Morgan fingerprint density at radius 3 is 2.68 bits per heavy atom. The minimum Gasteiger partial charge on any atom is -0.411 e. The van der Waals surface area contributed by atoms with Crippen molar-refractivity contribution in [2.24, 2.45) is 11.7 Å². The van der Waals surface area contributed by atoms with Crippen LogP contribution in [0.3, 0.4) is 0 Å². The summed E-state index contributed by atoms with van der Waals surface area (Å²) in [4.78, 5) is 0. The molecule has 2 N–H and O–H groups in total. The molecule has 0 saturated carbocycles. The van der Waals surface area contributed by atoms with Crippen LogP contribution in [0.4, 0.5) is 4.39 Å². The van der Waals surface area contributed by atoms with E-state index in [9.17, 15) is 12.8 Å². The minimum atomic E-state index is -3.83. The highest BCUT2D eigenvalue weighted by molar-refractivity contribution is 7.90. The summed E-state index contributed by atoms with van der Waals surface area (Å²) in [5, 5.41) is 6.76. The van der Waals surface area contributed by atoms with Gasteiger partial charge in [0.1, 0.15) is 5.82 Å². The quantitative estimate of drug-likeness (QED) is 0.873. The summed E-state index contributed by atoms with van der Waals surface area (Å²) in [6.07, 6.45) is 0.603. The van der Waals surface area contributed by atoms with Crippen LogP contribution in [0.2, 0.25) is 0 Å².